The Bertz CT molecular complexity index is 614. The van der Waals surface area contributed by atoms with Crippen LogP contribution in [0.2, 0.25) is 5.02 Å². The van der Waals surface area contributed by atoms with Crippen LogP contribution in [0.3, 0.4) is 0 Å². The highest BCUT2D eigenvalue weighted by atomic mass is 35.5. The molecule has 0 saturated heterocycles. The van der Waals surface area contributed by atoms with Gasteiger partial charge in [-0.1, -0.05) is 17.7 Å². The van der Waals surface area contributed by atoms with Crippen molar-refractivity contribution in [2.24, 2.45) is 0 Å². The van der Waals surface area contributed by atoms with Gasteiger partial charge in [-0.25, -0.2) is 9.18 Å². The van der Waals surface area contributed by atoms with E-state index in [1.54, 1.807) is 36.4 Å². The van der Waals surface area contributed by atoms with Crippen molar-refractivity contribution in [3.8, 4) is 0 Å². The topological polar surface area (TPSA) is 38.3 Å². The summed E-state index contributed by atoms with van der Waals surface area (Å²) in [6.45, 7) is 0.511. The second-order valence-corrected chi connectivity index (χ2v) is 4.58. The molecule has 0 heterocycles. The third kappa shape index (κ3) is 3.48. The Hall–Kier alpha value is -2.07. The normalized spacial score (nSPS) is 10.2. The van der Waals surface area contributed by atoms with Crippen LogP contribution >= 0.6 is 11.6 Å². The molecule has 0 atom stereocenters. The van der Waals surface area contributed by atoms with Crippen molar-refractivity contribution in [2.75, 3.05) is 12.4 Å². The number of nitrogens with one attached hydrogen (secondary N) is 1. The Kier molecular flexibility index (Phi) is 4.58. The Morgan fingerprint density at radius 2 is 1.95 bits per heavy atom. The van der Waals surface area contributed by atoms with Gasteiger partial charge < -0.3 is 10.1 Å². The SMILES string of the molecule is COC(=O)c1ccc(NCc2ccc(F)c(Cl)c2)cc1. The van der Waals surface area contributed by atoms with Gasteiger partial charge in [-0.3, -0.25) is 0 Å². The maximum absolute atomic E-state index is 13.0. The van der Waals surface area contributed by atoms with E-state index in [1.165, 1.54) is 13.2 Å². The summed E-state index contributed by atoms with van der Waals surface area (Å²) in [6, 6.07) is 11.5. The number of esters is 1. The molecule has 0 unspecified atom stereocenters. The summed E-state index contributed by atoms with van der Waals surface area (Å²) in [4.78, 5) is 11.3. The summed E-state index contributed by atoms with van der Waals surface area (Å²) in [7, 11) is 1.34. The van der Waals surface area contributed by atoms with Crippen LogP contribution in [0, 0.1) is 5.82 Å². The largest absolute Gasteiger partial charge is 0.465 e. The van der Waals surface area contributed by atoms with Gasteiger partial charge in [0.25, 0.3) is 0 Å². The number of carbonyl (C=O) groups excluding carboxylic acids is 1. The fraction of sp³-hybridized carbons (Fsp3) is 0.133. The molecule has 0 amide bonds. The van der Waals surface area contributed by atoms with E-state index in [2.05, 4.69) is 10.1 Å². The molecule has 20 heavy (non-hydrogen) atoms. The van der Waals surface area contributed by atoms with Gasteiger partial charge in [0.05, 0.1) is 17.7 Å². The number of carbonyl (C=O) groups is 1. The number of hydrogen-bond acceptors (Lipinski definition) is 3. The van der Waals surface area contributed by atoms with E-state index >= 15 is 0 Å². The molecule has 0 fully saturated rings. The Morgan fingerprint density at radius 1 is 1.25 bits per heavy atom. The van der Waals surface area contributed by atoms with Crippen LogP contribution in [0.5, 0.6) is 0 Å². The highest BCUT2D eigenvalue weighted by Crippen LogP contribution is 2.17. The first-order chi connectivity index (χ1) is 9.60. The van der Waals surface area contributed by atoms with Crippen molar-refractivity contribution < 1.29 is 13.9 Å². The number of methoxy groups -OCH3 is 1. The average Bonchev–Trinajstić information content (AvgIpc) is 2.48. The van der Waals surface area contributed by atoms with Crippen molar-refractivity contribution in [2.45, 2.75) is 6.54 Å². The van der Waals surface area contributed by atoms with Gasteiger partial charge in [0.2, 0.25) is 0 Å². The second-order valence-electron chi connectivity index (χ2n) is 4.17. The molecule has 0 aromatic heterocycles. The van der Waals surface area contributed by atoms with Gasteiger partial charge >= 0.3 is 5.97 Å². The quantitative estimate of drug-likeness (QED) is 0.870. The zero-order valence-corrected chi connectivity index (χ0v) is 11.6. The molecule has 0 saturated carbocycles. The molecule has 0 bridgehead atoms. The van der Waals surface area contributed by atoms with E-state index in [0.717, 1.165) is 11.3 Å². The predicted molar refractivity (Wildman–Crippen MR) is 76.5 cm³/mol. The minimum atomic E-state index is -0.433. The van der Waals surface area contributed by atoms with Crippen LogP contribution < -0.4 is 5.32 Å². The van der Waals surface area contributed by atoms with Crippen LogP contribution in [0.4, 0.5) is 10.1 Å². The zero-order valence-electron chi connectivity index (χ0n) is 10.8. The van der Waals surface area contributed by atoms with E-state index < -0.39 is 5.82 Å². The molecule has 1 N–H and O–H groups in total. The first kappa shape index (κ1) is 14.3. The molecular weight excluding hydrogens is 281 g/mol. The molecule has 2 rings (SSSR count). The fourth-order valence-electron chi connectivity index (χ4n) is 1.70. The standard InChI is InChI=1S/C15H13ClFNO2/c1-20-15(19)11-3-5-12(6-4-11)18-9-10-2-7-14(17)13(16)8-10/h2-8,18H,9H2,1H3. The number of hydrogen-bond donors (Lipinski definition) is 1. The van der Waals surface area contributed by atoms with Crippen molar-refractivity contribution in [3.63, 3.8) is 0 Å². The lowest BCUT2D eigenvalue weighted by Gasteiger charge is -2.08. The van der Waals surface area contributed by atoms with E-state index in [-0.39, 0.29) is 11.0 Å². The number of benzene rings is 2. The van der Waals surface area contributed by atoms with Crippen molar-refractivity contribution in [3.05, 3.63) is 64.4 Å². The van der Waals surface area contributed by atoms with Gasteiger partial charge in [0.15, 0.2) is 0 Å². The van der Waals surface area contributed by atoms with Gasteiger partial charge in [-0.15, -0.1) is 0 Å². The molecule has 0 aliphatic carbocycles. The number of rotatable bonds is 4. The molecule has 0 radical (unpaired) electrons. The lowest BCUT2D eigenvalue weighted by Crippen LogP contribution is -2.02. The first-order valence-electron chi connectivity index (χ1n) is 5.96. The van der Waals surface area contributed by atoms with E-state index in [0.29, 0.717) is 12.1 Å². The minimum absolute atomic E-state index is 0.102. The van der Waals surface area contributed by atoms with Gasteiger partial charge in [-0.2, -0.15) is 0 Å². The first-order valence-corrected chi connectivity index (χ1v) is 6.34. The lowest BCUT2D eigenvalue weighted by atomic mass is 10.2. The number of anilines is 1. The lowest BCUT2D eigenvalue weighted by molar-refractivity contribution is 0.0601. The smallest absolute Gasteiger partial charge is 0.337 e. The van der Waals surface area contributed by atoms with Crippen LogP contribution in [0.1, 0.15) is 15.9 Å². The summed E-state index contributed by atoms with van der Waals surface area (Å²) in [6.07, 6.45) is 0. The van der Waals surface area contributed by atoms with Crippen molar-refractivity contribution in [1.82, 2.24) is 0 Å². The van der Waals surface area contributed by atoms with Crippen molar-refractivity contribution in [1.29, 1.82) is 0 Å². The molecule has 5 heteroatoms. The maximum Gasteiger partial charge on any atom is 0.337 e. The Balaban J connectivity index is 2.00. The minimum Gasteiger partial charge on any atom is -0.465 e. The van der Waals surface area contributed by atoms with Crippen LogP contribution in [-0.4, -0.2) is 13.1 Å². The van der Waals surface area contributed by atoms with Crippen molar-refractivity contribution >= 4 is 23.3 Å². The molecule has 104 valence electrons. The monoisotopic (exact) mass is 293 g/mol. The second kappa shape index (κ2) is 6.39. The Morgan fingerprint density at radius 3 is 2.55 bits per heavy atom. The van der Waals surface area contributed by atoms with Crippen LogP contribution in [0.25, 0.3) is 0 Å². The maximum atomic E-state index is 13.0. The summed E-state index contributed by atoms with van der Waals surface area (Å²) in [5.41, 5.74) is 2.20. The highest BCUT2D eigenvalue weighted by molar-refractivity contribution is 6.30. The molecule has 2 aromatic rings. The molecule has 2 aromatic carbocycles. The number of ether oxygens (including phenoxy) is 1. The predicted octanol–water partition coefficient (Wildman–Crippen LogP) is 3.88. The Labute approximate surface area is 121 Å². The summed E-state index contributed by atoms with van der Waals surface area (Å²) in [5, 5.41) is 3.26. The molecule has 0 spiro atoms. The molecule has 0 aliphatic rings. The highest BCUT2D eigenvalue weighted by Gasteiger charge is 2.04. The van der Waals surface area contributed by atoms with E-state index in [4.69, 9.17) is 11.6 Å². The zero-order chi connectivity index (χ0) is 14.5. The van der Waals surface area contributed by atoms with E-state index in [9.17, 15) is 9.18 Å². The number of halogens is 2. The van der Waals surface area contributed by atoms with Gasteiger partial charge in [0.1, 0.15) is 5.82 Å². The molecule has 3 nitrogen and oxygen atoms in total. The van der Waals surface area contributed by atoms with E-state index in [1.807, 2.05) is 0 Å². The fourth-order valence-corrected chi connectivity index (χ4v) is 1.90. The van der Waals surface area contributed by atoms with Crippen LogP contribution in [0.15, 0.2) is 42.5 Å². The molecular formula is C15H13ClFNO2. The third-order valence-electron chi connectivity index (χ3n) is 2.79. The summed E-state index contributed by atoms with van der Waals surface area (Å²) >= 11 is 5.71. The van der Waals surface area contributed by atoms with Gasteiger partial charge in [0, 0.05) is 12.2 Å². The summed E-state index contributed by atoms with van der Waals surface area (Å²) < 4.78 is 17.6. The van der Waals surface area contributed by atoms with Crippen LogP contribution in [-0.2, 0) is 11.3 Å². The molecule has 0 aliphatic heterocycles. The third-order valence-corrected chi connectivity index (χ3v) is 3.08. The van der Waals surface area contributed by atoms with Gasteiger partial charge in [-0.05, 0) is 42.0 Å². The average molecular weight is 294 g/mol. The summed E-state index contributed by atoms with van der Waals surface area (Å²) in [5.74, 6) is -0.806.